The Balaban J connectivity index is 1.09. The predicted octanol–water partition coefficient (Wildman–Crippen LogP) is 2.63. The zero-order chi connectivity index (χ0) is 24.4. The van der Waals surface area contributed by atoms with E-state index in [1.807, 2.05) is 25.1 Å². The van der Waals surface area contributed by atoms with E-state index in [4.69, 9.17) is 4.52 Å². The lowest BCUT2D eigenvalue weighted by atomic mass is 10.0. The van der Waals surface area contributed by atoms with Gasteiger partial charge in [0.15, 0.2) is 5.69 Å². The molecule has 1 aromatic heterocycles. The van der Waals surface area contributed by atoms with Gasteiger partial charge in [-0.15, -0.1) is 0 Å². The molecule has 2 atom stereocenters. The van der Waals surface area contributed by atoms with Crippen LogP contribution in [0.3, 0.4) is 0 Å². The molecule has 0 spiro atoms. The molecule has 5 rings (SSSR count). The summed E-state index contributed by atoms with van der Waals surface area (Å²) in [5, 5.41) is 10.5. The molecule has 0 unspecified atom stereocenters. The topological polar surface area (TPSA) is 108 Å². The van der Waals surface area contributed by atoms with Crippen LogP contribution in [0.25, 0.3) is 0 Å². The van der Waals surface area contributed by atoms with Crippen molar-refractivity contribution in [1.82, 2.24) is 24.4 Å². The normalized spacial score (nSPS) is 24.9. The zero-order valence-corrected chi connectivity index (χ0v) is 21.0. The number of nitrogens with zero attached hydrogens (tertiary/aromatic N) is 3. The van der Waals surface area contributed by atoms with E-state index in [0.29, 0.717) is 50.1 Å². The number of carbonyl (C=O) groups excluding carboxylic acids is 1. The van der Waals surface area contributed by atoms with E-state index >= 15 is 0 Å². The molecular weight excluding hydrogens is 466 g/mol. The summed E-state index contributed by atoms with van der Waals surface area (Å²) in [7, 11) is -3.53. The van der Waals surface area contributed by atoms with Gasteiger partial charge in [-0.05, 0) is 51.0 Å². The van der Waals surface area contributed by atoms with Crippen LogP contribution in [-0.2, 0) is 16.8 Å². The average molecular weight is 502 g/mol. The molecule has 1 aliphatic carbocycles. The van der Waals surface area contributed by atoms with Crippen LogP contribution < -0.4 is 10.6 Å². The van der Waals surface area contributed by atoms with E-state index < -0.39 is 10.2 Å². The van der Waals surface area contributed by atoms with E-state index in [1.165, 1.54) is 5.56 Å². The first kappa shape index (κ1) is 24.4. The van der Waals surface area contributed by atoms with Crippen LogP contribution >= 0.6 is 0 Å². The molecule has 9 nitrogen and oxygen atoms in total. The minimum atomic E-state index is -3.53. The highest BCUT2D eigenvalue weighted by Gasteiger charge is 2.39. The van der Waals surface area contributed by atoms with Gasteiger partial charge in [0.1, 0.15) is 5.76 Å². The molecule has 1 amide bonds. The van der Waals surface area contributed by atoms with Gasteiger partial charge in [-0.2, -0.15) is 17.0 Å². The molecule has 1 aromatic carbocycles. The monoisotopic (exact) mass is 501 g/mol. The number of aromatic nitrogens is 1. The lowest BCUT2D eigenvalue weighted by Gasteiger charge is -2.41. The first-order valence-corrected chi connectivity index (χ1v) is 14.1. The van der Waals surface area contributed by atoms with Crippen molar-refractivity contribution in [2.45, 2.75) is 76.0 Å². The lowest BCUT2D eigenvalue weighted by molar-refractivity contribution is 0.0903. The first-order chi connectivity index (χ1) is 16.9. The Labute approximate surface area is 207 Å². The molecule has 3 heterocycles. The lowest BCUT2D eigenvalue weighted by Crippen LogP contribution is -2.56. The number of hydrogen-bond acceptors (Lipinski definition) is 6. The van der Waals surface area contributed by atoms with E-state index in [-0.39, 0.29) is 18.0 Å². The average Bonchev–Trinajstić information content (AvgIpc) is 3.59. The van der Waals surface area contributed by atoms with Gasteiger partial charge in [0.25, 0.3) is 16.1 Å². The van der Waals surface area contributed by atoms with Crippen molar-refractivity contribution < 1.29 is 17.7 Å². The summed E-state index contributed by atoms with van der Waals surface area (Å²) in [5.41, 5.74) is 1.54. The molecule has 190 valence electrons. The van der Waals surface area contributed by atoms with Gasteiger partial charge in [-0.25, -0.2) is 0 Å². The van der Waals surface area contributed by atoms with Gasteiger partial charge < -0.3 is 15.2 Å². The van der Waals surface area contributed by atoms with Crippen LogP contribution in [0.15, 0.2) is 40.9 Å². The molecule has 10 heteroatoms. The summed E-state index contributed by atoms with van der Waals surface area (Å²) in [6.45, 7) is 4.16. The Morgan fingerprint density at radius 3 is 2.46 bits per heavy atom. The SMILES string of the molecule is C[C@H]1C[C@@H](NC(=O)c2cc(C3CC3)on2)CCN1S(=O)(=O)N1CCC(NCc2ccccc2)CC1. The molecule has 2 saturated heterocycles. The number of hydrogen-bond donors (Lipinski definition) is 2. The van der Waals surface area contributed by atoms with E-state index in [2.05, 4.69) is 27.9 Å². The Morgan fingerprint density at radius 1 is 1.06 bits per heavy atom. The third kappa shape index (κ3) is 5.77. The van der Waals surface area contributed by atoms with Gasteiger partial charge in [-0.1, -0.05) is 35.5 Å². The molecule has 0 radical (unpaired) electrons. The van der Waals surface area contributed by atoms with E-state index in [1.54, 1.807) is 14.7 Å². The van der Waals surface area contributed by atoms with Crippen molar-refractivity contribution in [2.24, 2.45) is 0 Å². The van der Waals surface area contributed by atoms with Gasteiger partial charge in [0.2, 0.25) is 0 Å². The fourth-order valence-electron chi connectivity index (χ4n) is 5.14. The smallest absolute Gasteiger partial charge is 0.282 e. The molecule has 3 fully saturated rings. The van der Waals surface area contributed by atoms with Gasteiger partial charge in [-0.3, -0.25) is 4.79 Å². The van der Waals surface area contributed by atoms with Crippen LogP contribution in [0.4, 0.5) is 0 Å². The Morgan fingerprint density at radius 2 is 1.77 bits per heavy atom. The molecule has 0 bridgehead atoms. The van der Waals surface area contributed by atoms with Crippen LogP contribution in [0.2, 0.25) is 0 Å². The number of rotatable bonds is 8. The van der Waals surface area contributed by atoms with Crippen LogP contribution in [0.1, 0.15) is 73.2 Å². The molecule has 1 saturated carbocycles. The van der Waals surface area contributed by atoms with Gasteiger partial charge in [0, 0.05) is 56.3 Å². The molecule has 2 aliphatic heterocycles. The standard InChI is InChI=1S/C25H35N5O4S/c1-18-15-22(27-25(31)23-16-24(34-28-23)20-7-8-20)11-14-30(18)35(32,33)29-12-9-21(10-13-29)26-17-19-5-3-2-4-6-19/h2-6,16,18,20-22,26H,7-15,17H2,1H3,(H,27,31)/t18-,22-/m0/s1. The second-order valence-corrected chi connectivity index (χ2v) is 12.0. The maximum atomic E-state index is 13.4. The Bertz CT molecular complexity index is 1110. The number of carbonyl (C=O) groups is 1. The maximum absolute atomic E-state index is 13.4. The highest BCUT2D eigenvalue weighted by molar-refractivity contribution is 7.86. The second-order valence-electron chi connectivity index (χ2n) is 10.1. The summed E-state index contributed by atoms with van der Waals surface area (Å²) < 4.78 is 35.3. The number of piperidine rings is 2. The predicted molar refractivity (Wildman–Crippen MR) is 132 cm³/mol. The summed E-state index contributed by atoms with van der Waals surface area (Å²) in [6.07, 6.45) is 4.93. The van der Waals surface area contributed by atoms with Crippen molar-refractivity contribution >= 4 is 16.1 Å². The minimum Gasteiger partial charge on any atom is -0.360 e. The van der Waals surface area contributed by atoms with Crippen molar-refractivity contribution in [1.29, 1.82) is 0 Å². The van der Waals surface area contributed by atoms with Crippen molar-refractivity contribution in [3.63, 3.8) is 0 Å². The molecule has 2 aromatic rings. The summed E-state index contributed by atoms with van der Waals surface area (Å²) in [5.74, 6) is 0.935. The number of benzene rings is 1. The molecule has 2 N–H and O–H groups in total. The number of nitrogens with one attached hydrogen (secondary N) is 2. The molecule has 3 aliphatic rings. The van der Waals surface area contributed by atoms with Gasteiger partial charge >= 0.3 is 0 Å². The zero-order valence-electron chi connectivity index (χ0n) is 20.2. The van der Waals surface area contributed by atoms with Crippen LogP contribution in [0, 0.1) is 0 Å². The molecule has 35 heavy (non-hydrogen) atoms. The Hall–Kier alpha value is -2.27. The summed E-state index contributed by atoms with van der Waals surface area (Å²) in [4.78, 5) is 12.6. The third-order valence-electron chi connectivity index (χ3n) is 7.41. The third-order valence-corrected chi connectivity index (χ3v) is 9.56. The minimum absolute atomic E-state index is 0.0852. The quantitative estimate of drug-likeness (QED) is 0.576. The first-order valence-electron chi connectivity index (χ1n) is 12.7. The fourth-order valence-corrected chi connectivity index (χ4v) is 6.98. The van der Waals surface area contributed by atoms with Crippen molar-refractivity contribution in [2.75, 3.05) is 19.6 Å². The van der Waals surface area contributed by atoms with Crippen LogP contribution in [0.5, 0.6) is 0 Å². The van der Waals surface area contributed by atoms with Crippen LogP contribution in [-0.4, -0.2) is 65.9 Å². The fraction of sp³-hybridized carbons (Fsp3) is 0.600. The Kier molecular flexibility index (Phi) is 7.24. The van der Waals surface area contributed by atoms with E-state index in [0.717, 1.165) is 38.0 Å². The van der Waals surface area contributed by atoms with Gasteiger partial charge in [0.05, 0.1) is 0 Å². The summed E-state index contributed by atoms with van der Waals surface area (Å²) in [6, 6.07) is 12.0. The summed E-state index contributed by atoms with van der Waals surface area (Å²) >= 11 is 0. The second kappa shape index (κ2) is 10.4. The number of amides is 1. The van der Waals surface area contributed by atoms with E-state index in [9.17, 15) is 13.2 Å². The van der Waals surface area contributed by atoms with Crippen molar-refractivity contribution in [3.8, 4) is 0 Å². The molecular formula is C25H35N5O4S. The highest BCUT2D eigenvalue weighted by atomic mass is 32.2. The largest absolute Gasteiger partial charge is 0.360 e. The van der Waals surface area contributed by atoms with Crippen molar-refractivity contribution in [3.05, 3.63) is 53.4 Å². The highest BCUT2D eigenvalue weighted by Crippen LogP contribution is 2.40. The maximum Gasteiger partial charge on any atom is 0.282 e.